The number of anilines is 1. The van der Waals surface area contributed by atoms with Crippen molar-refractivity contribution in [1.29, 1.82) is 0 Å². The van der Waals surface area contributed by atoms with Gasteiger partial charge in [0, 0.05) is 36.9 Å². The van der Waals surface area contributed by atoms with Crippen LogP contribution >= 0.6 is 0 Å². The van der Waals surface area contributed by atoms with Crippen molar-refractivity contribution in [3.63, 3.8) is 0 Å². The number of fused-ring (bicyclic) bond motifs is 2. The molecule has 2 aliphatic carbocycles. The maximum absolute atomic E-state index is 5.53. The average molecular weight is 425 g/mol. The molecule has 3 aliphatic rings. The molecule has 6 nitrogen and oxygen atoms in total. The summed E-state index contributed by atoms with van der Waals surface area (Å²) in [6.45, 7) is 2.41. The number of methoxy groups -OCH3 is 2. The van der Waals surface area contributed by atoms with Crippen LogP contribution in [-0.4, -0.2) is 54.3 Å². The van der Waals surface area contributed by atoms with Gasteiger partial charge in [-0.05, 0) is 56.9 Å². The van der Waals surface area contributed by atoms with Crippen molar-refractivity contribution in [3.05, 3.63) is 17.3 Å². The maximum atomic E-state index is 5.53. The quantitative estimate of drug-likeness (QED) is 0.700. The van der Waals surface area contributed by atoms with Crippen LogP contribution in [0.3, 0.4) is 0 Å². The molecule has 1 N–H and O–H groups in total. The van der Waals surface area contributed by atoms with Gasteiger partial charge in [0.05, 0.1) is 25.4 Å². The minimum absolute atomic E-state index is 0.491. The molecule has 2 aromatic rings. The van der Waals surface area contributed by atoms with Crippen LogP contribution in [0.5, 0.6) is 11.6 Å². The van der Waals surface area contributed by atoms with Crippen molar-refractivity contribution < 1.29 is 9.47 Å². The summed E-state index contributed by atoms with van der Waals surface area (Å²) < 4.78 is 11.0. The van der Waals surface area contributed by atoms with Gasteiger partial charge in [0.2, 0.25) is 0 Å². The lowest BCUT2D eigenvalue weighted by atomic mass is 9.99. The molecule has 1 saturated heterocycles. The third kappa shape index (κ3) is 4.19. The second-order valence-electron chi connectivity index (χ2n) is 9.43. The van der Waals surface area contributed by atoms with Gasteiger partial charge in [-0.15, -0.1) is 0 Å². The third-order valence-electron chi connectivity index (χ3n) is 7.55. The van der Waals surface area contributed by atoms with Crippen molar-refractivity contribution in [2.24, 2.45) is 0 Å². The molecule has 1 aliphatic heterocycles. The van der Waals surface area contributed by atoms with Crippen molar-refractivity contribution in [1.82, 2.24) is 14.9 Å². The molecular formula is C25H36N4O2. The number of nitrogens with one attached hydrogen (secondary N) is 1. The Bertz CT molecular complexity index is 918. The smallest absolute Gasteiger partial charge is 0.257 e. The van der Waals surface area contributed by atoms with Crippen LogP contribution < -0.4 is 14.8 Å². The second-order valence-corrected chi connectivity index (χ2v) is 9.43. The fourth-order valence-corrected chi connectivity index (χ4v) is 5.81. The molecule has 2 fully saturated rings. The van der Waals surface area contributed by atoms with Crippen molar-refractivity contribution in [3.8, 4) is 11.6 Å². The van der Waals surface area contributed by atoms with Gasteiger partial charge in [-0.2, -0.15) is 0 Å². The lowest BCUT2D eigenvalue weighted by Gasteiger charge is -2.37. The summed E-state index contributed by atoms with van der Waals surface area (Å²) >= 11 is 0. The van der Waals surface area contributed by atoms with Crippen LogP contribution in [0.25, 0.3) is 11.0 Å². The van der Waals surface area contributed by atoms with E-state index in [4.69, 9.17) is 19.4 Å². The predicted molar refractivity (Wildman–Crippen MR) is 124 cm³/mol. The zero-order chi connectivity index (χ0) is 21.2. The van der Waals surface area contributed by atoms with Gasteiger partial charge in [-0.3, -0.25) is 4.98 Å². The fraction of sp³-hybridized carbons (Fsp3) is 0.680. The summed E-state index contributed by atoms with van der Waals surface area (Å²) in [6.07, 6.45) is 13.8. The Labute approximate surface area is 185 Å². The number of nitrogens with zero attached hydrogens (tertiary/aromatic N) is 3. The van der Waals surface area contributed by atoms with E-state index in [1.54, 1.807) is 14.2 Å². The summed E-state index contributed by atoms with van der Waals surface area (Å²) in [5.74, 6) is 1.18. The molecule has 0 amide bonds. The van der Waals surface area contributed by atoms with Gasteiger partial charge in [0.25, 0.3) is 5.88 Å². The molecule has 6 heteroatoms. The van der Waals surface area contributed by atoms with Gasteiger partial charge < -0.3 is 19.7 Å². The van der Waals surface area contributed by atoms with Crippen LogP contribution in [0, 0.1) is 0 Å². The van der Waals surface area contributed by atoms with Crippen molar-refractivity contribution in [2.45, 2.75) is 82.7 Å². The van der Waals surface area contributed by atoms with Crippen molar-refractivity contribution >= 4 is 16.7 Å². The molecule has 0 radical (unpaired) electrons. The van der Waals surface area contributed by atoms with E-state index in [0.29, 0.717) is 17.7 Å². The molecule has 0 aromatic carbocycles. The van der Waals surface area contributed by atoms with E-state index >= 15 is 0 Å². The molecule has 3 heterocycles. The van der Waals surface area contributed by atoms with Crippen LogP contribution in [0.1, 0.15) is 69.0 Å². The fourth-order valence-electron chi connectivity index (χ4n) is 5.81. The second kappa shape index (κ2) is 9.19. The first-order valence-electron chi connectivity index (χ1n) is 12.2. The molecule has 5 rings (SSSR count). The van der Waals surface area contributed by atoms with E-state index in [-0.39, 0.29) is 0 Å². The highest BCUT2D eigenvalue weighted by Gasteiger charge is 2.28. The van der Waals surface area contributed by atoms with Crippen molar-refractivity contribution in [2.75, 3.05) is 32.6 Å². The van der Waals surface area contributed by atoms with Crippen LogP contribution in [0.4, 0.5) is 5.69 Å². The summed E-state index contributed by atoms with van der Waals surface area (Å²) in [7, 11) is 3.31. The van der Waals surface area contributed by atoms with Gasteiger partial charge in [-0.1, -0.05) is 19.3 Å². The Kier molecular flexibility index (Phi) is 6.17. The van der Waals surface area contributed by atoms with Crippen LogP contribution in [0.2, 0.25) is 0 Å². The zero-order valence-electron chi connectivity index (χ0n) is 19.1. The van der Waals surface area contributed by atoms with Gasteiger partial charge in [-0.25, -0.2) is 4.98 Å². The molecule has 0 spiro atoms. The highest BCUT2D eigenvalue weighted by atomic mass is 16.5. The highest BCUT2D eigenvalue weighted by Crippen LogP contribution is 2.37. The SMILES string of the molecule is COc1cc2nc3c(c(NC4CCN(C5CCCC5)CC4)c2nc1OC)CCCCC3. The largest absolute Gasteiger partial charge is 0.491 e. The zero-order valence-corrected chi connectivity index (χ0v) is 19.1. The monoisotopic (exact) mass is 424 g/mol. The molecule has 0 bridgehead atoms. The number of pyridine rings is 2. The molecule has 31 heavy (non-hydrogen) atoms. The Balaban J connectivity index is 1.46. The first-order valence-corrected chi connectivity index (χ1v) is 12.2. The van der Waals surface area contributed by atoms with E-state index < -0.39 is 0 Å². The number of rotatable bonds is 5. The number of aryl methyl sites for hydroxylation is 1. The van der Waals surface area contributed by atoms with Gasteiger partial charge in [0.15, 0.2) is 5.75 Å². The van der Waals surface area contributed by atoms with E-state index in [9.17, 15) is 0 Å². The molecule has 1 saturated carbocycles. The number of hydrogen-bond donors (Lipinski definition) is 1. The summed E-state index contributed by atoms with van der Waals surface area (Å²) in [5.41, 5.74) is 5.65. The number of hydrogen-bond acceptors (Lipinski definition) is 6. The van der Waals surface area contributed by atoms with Crippen LogP contribution in [0.15, 0.2) is 6.07 Å². The lowest BCUT2D eigenvalue weighted by molar-refractivity contribution is 0.159. The van der Waals surface area contributed by atoms with E-state index in [1.807, 2.05) is 6.07 Å². The highest BCUT2D eigenvalue weighted by molar-refractivity contribution is 5.91. The molecule has 0 unspecified atom stereocenters. The standard InChI is InChI=1S/C25H36N4O2/c1-30-22-16-21-24(28-25(22)31-2)23(19-10-4-3-5-11-20(19)27-21)26-17-12-14-29(15-13-17)18-8-6-7-9-18/h16-18H,3-15H2,1-2H3,(H,26,27). The molecule has 0 atom stereocenters. The summed E-state index contributed by atoms with van der Waals surface area (Å²) in [4.78, 5) is 12.6. The number of aromatic nitrogens is 2. The normalized spacial score (nSPS) is 21.1. The van der Waals surface area contributed by atoms with E-state index in [1.165, 1.54) is 87.8 Å². The maximum Gasteiger partial charge on any atom is 0.257 e. The minimum Gasteiger partial charge on any atom is -0.491 e. The Morgan fingerprint density at radius 1 is 0.903 bits per heavy atom. The van der Waals surface area contributed by atoms with Gasteiger partial charge in [0.1, 0.15) is 5.52 Å². The topological polar surface area (TPSA) is 59.5 Å². The number of ether oxygens (including phenoxy) is 2. The van der Waals surface area contributed by atoms with E-state index in [2.05, 4.69) is 10.2 Å². The Morgan fingerprint density at radius 2 is 1.68 bits per heavy atom. The van der Waals surface area contributed by atoms with Crippen LogP contribution in [-0.2, 0) is 12.8 Å². The van der Waals surface area contributed by atoms with E-state index in [0.717, 1.165) is 29.9 Å². The number of likely N-dealkylation sites (tertiary alicyclic amines) is 1. The first-order chi connectivity index (χ1) is 15.3. The molecular weight excluding hydrogens is 388 g/mol. The average Bonchev–Trinajstić information content (AvgIpc) is 3.24. The summed E-state index contributed by atoms with van der Waals surface area (Å²) in [5, 5.41) is 3.95. The summed E-state index contributed by atoms with van der Waals surface area (Å²) in [6, 6.07) is 3.31. The number of piperidine rings is 1. The molecule has 2 aromatic heterocycles. The first kappa shape index (κ1) is 20.8. The minimum atomic E-state index is 0.491. The molecule has 168 valence electrons. The Morgan fingerprint density at radius 3 is 2.42 bits per heavy atom. The van der Waals surface area contributed by atoms with Gasteiger partial charge >= 0.3 is 0 Å². The predicted octanol–water partition coefficient (Wildman–Crippen LogP) is 4.73. The Hall–Kier alpha value is -2.08. The lowest BCUT2D eigenvalue weighted by Crippen LogP contribution is -2.43. The third-order valence-corrected chi connectivity index (χ3v) is 7.55.